The van der Waals surface area contributed by atoms with Gasteiger partial charge in [-0.3, -0.25) is 4.79 Å². The predicted molar refractivity (Wildman–Crippen MR) is 92.0 cm³/mol. The van der Waals surface area contributed by atoms with Crippen molar-refractivity contribution in [2.75, 3.05) is 6.61 Å². The van der Waals surface area contributed by atoms with Crippen LogP contribution >= 0.6 is 15.9 Å². The van der Waals surface area contributed by atoms with E-state index in [2.05, 4.69) is 21.2 Å². The minimum Gasteiger partial charge on any atom is -0.484 e. The third-order valence-electron chi connectivity index (χ3n) is 3.37. The fraction of sp³-hybridized carbons (Fsp3) is 0.222. The number of benzene rings is 2. The summed E-state index contributed by atoms with van der Waals surface area (Å²) in [6, 6.07) is 16.5. The van der Waals surface area contributed by atoms with Crippen molar-refractivity contribution in [3.05, 3.63) is 64.1 Å². The lowest BCUT2D eigenvalue weighted by atomic mass is 10.0. The first-order valence-corrected chi connectivity index (χ1v) is 8.09. The van der Waals surface area contributed by atoms with E-state index in [0.717, 1.165) is 16.5 Å². The van der Waals surface area contributed by atoms with Crippen molar-refractivity contribution in [2.45, 2.75) is 19.4 Å². The number of hydrogen-bond acceptors (Lipinski definition) is 3. The molecule has 0 aliphatic rings. The fourth-order valence-electron chi connectivity index (χ4n) is 2.13. The molecule has 0 bridgehead atoms. The smallest absolute Gasteiger partial charge is 0.258 e. The summed E-state index contributed by atoms with van der Waals surface area (Å²) < 4.78 is 6.44. The summed E-state index contributed by atoms with van der Waals surface area (Å²) in [6.07, 6.45) is 0.796. The Bertz CT molecular complexity index is 690. The standard InChI is InChI=1S/C18H17BrN2O2/c1-2-17(14-5-7-15(19)8-6-14)21-18(22)12-23-16-9-3-13(11-20)4-10-16/h3-10,17H,2,12H2,1H3,(H,21,22). The van der Waals surface area contributed by atoms with Gasteiger partial charge in [0.15, 0.2) is 6.61 Å². The first kappa shape index (κ1) is 17.0. The third-order valence-corrected chi connectivity index (χ3v) is 3.90. The van der Waals surface area contributed by atoms with Crippen LogP contribution in [-0.2, 0) is 4.79 Å². The van der Waals surface area contributed by atoms with Gasteiger partial charge < -0.3 is 10.1 Å². The molecule has 2 aromatic rings. The molecule has 0 radical (unpaired) electrons. The Labute approximate surface area is 144 Å². The lowest BCUT2D eigenvalue weighted by Crippen LogP contribution is -2.32. The number of nitriles is 1. The molecule has 2 aromatic carbocycles. The zero-order chi connectivity index (χ0) is 16.7. The van der Waals surface area contributed by atoms with Crippen LogP contribution in [0.5, 0.6) is 5.75 Å². The van der Waals surface area contributed by atoms with Crippen molar-refractivity contribution in [1.29, 1.82) is 5.26 Å². The Morgan fingerprint density at radius 3 is 2.43 bits per heavy atom. The van der Waals surface area contributed by atoms with E-state index in [1.807, 2.05) is 37.3 Å². The van der Waals surface area contributed by atoms with Gasteiger partial charge >= 0.3 is 0 Å². The molecular formula is C18H17BrN2O2. The molecule has 0 aliphatic carbocycles. The van der Waals surface area contributed by atoms with E-state index < -0.39 is 0 Å². The van der Waals surface area contributed by atoms with Gasteiger partial charge in [-0.25, -0.2) is 0 Å². The number of nitrogens with one attached hydrogen (secondary N) is 1. The normalized spacial score (nSPS) is 11.3. The Hall–Kier alpha value is -2.32. The van der Waals surface area contributed by atoms with Gasteiger partial charge in [-0.2, -0.15) is 5.26 Å². The maximum Gasteiger partial charge on any atom is 0.258 e. The SMILES string of the molecule is CCC(NC(=O)COc1ccc(C#N)cc1)c1ccc(Br)cc1. The first-order valence-electron chi connectivity index (χ1n) is 7.30. The third kappa shape index (κ3) is 5.11. The number of carbonyl (C=O) groups excluding carboxylic acids is 1. The molecule has 1 N–H and O–H groups in total. The molecule has 0 saturated heterocycles. The van der Waals surface area contributed by atoms with Crippen LogP contribution in [0.15, 0.2) is 53.0 Å². The highest BCUT2D eigenvalue weighted by Gasteiger charge is 2.13. The number of carbonyl (C=O) groups is 1. The minimum atomic E-state index is -0.177. The van der Waals surface area contributed by atoms with Crippen LogP contribution in [0.1, 0.15) is 30.5 Å². The molecule has 1 unspecified atom stereocenters. The van der Waals surface area contributed by atoms with Gasteiger partial charge in [0.1, 0.15) is 5.75 Å². The summed E-state index contributed by atoms with van der Waals surface area (Å²) in [5, 5.41) is 11.7. The van der Waals surface area contributed by atoms with Crippen LogP contribution in [0.3, 0.4) is 0 Å². The number of rotatable bonds is 6. The maximum absolute atomic E-state index is 12.1. The molecule has 0 saturated carbocycles. The number of hydrogen-bond donors (Lipinski definition) is 1. The molecule has 118 valence electrons. The topological polar surface area (TPSA) is 62.1 Å². The highest BCUT2D eigenvalue weighted by molar-refractivity contribution is 9.10. The van der Waals surface area contributed by atoms with E-state index in [4.69, 9.17) is 10.00 Å². The van der Waals surface area contributed by atoms with Crippen molar-refractivity contribution >= 4 is 21.8 Å². The Balaban J connectivity index is 1.89. The lowest BCUT2D eigenvalue weighted by molar-refractivity contribution is -0.123. The van der Waals surface area contributed by atoms with Crippen molar-refractivity contribution in [3.8, 4) is 11.8 Å². The van der Waals surface area contributed by atoms with Gasteiger partial charge in [-0.1, -0.05) is 35.0 Å². The summed E-state index contributed by atoms with van der Waals surface area (Å²) >= 11 is 3.40. The average molecular weight is 373 g/mol. The number of amides is 1. The average Bonchev–Trinajstić information content (AvgIpc) is 2.59. The van der Waals surface area contributed by atoms with Gasteiger partial charge in [-0.05, 0) is 48.4 Å². The molecule has 0 spiro atoms. The zero-order valence-corrected chi connectivity index (χ0v) is 14.3. The van der Waals surface area contributed by atoms with Crippen LogP contribution in [0.2, 0.25) is 0 Å². The highest BCUT2D eigenvalue weighted by Crippen LogP contribution is 2.19. The Kier molecular flexibility index (Phi) is 6.19. The van der Waals surface area contributed by atoms with Gasteiger partial charge in [0.2, 0.25) is 0 Å². The van der Waals surface area contributed by atoms with Crippen LogP contribution in [-0.4, -0.2) is 12.5 Å². The minimum absolute atomic E-state index is 0.0415. The van der Waals surface area contributed by atoms with Crippen LogP contribution in [0.25, 0.3) is 0 Å². The molecule has 0 aliphatic heterocycles. The van der Waals surface area contributed by atoms with E-state index in [1.54, 1.807) is 24.3 Å². The van der Waals surface area contributed by atoms with E-state index in [1.165, 1.54) is 0 Å². The lowest BCUT2D eigenvalue weighted by Gasteiger charge is -2.17. The van der Waals surface area contributed by atoms with Gasteiger partial charge in [0, 0.05) is 4.47 Å². The van der Waals surface area contributed by atoms with E-state index >= 15 is 0 Å². The molecule has 23 heavy (non-hydrogen) atoms. The summed E-state index contributed by atoms with van der Waals surface area (Å²) in [7, 11) is 0. The van der Waals surface area contributed by atoms with E-state index in [9.17, 15) is 4.79 Å². The van der Waals surface area contributed by atoms with Crippen molar-refractivity contribution in [2.24, 2.45) is 0 Å². The highest BCUT2D eigenvalue weighted by atomic mass is 79.9. The largest absolute Gasteiger partial charge is 0.484 e. The quantitative estimate of drug-likeness (QED) is 0.834. The summed E-state index contributed by atoms with van der Waals surface area (Å²) in [5.41, 5.74) is 1.62. The van der Waals surface area contributed by atoms with Crippen LogP contribution in [0, 0.1) is 11.3 Å². The van der Waals surface area contributed by atoms with E-state index in [-0.39, 0.29) is 18.6 Å². The molecule has 0 fully saturated rings. The maximum atomic E-state index is 12.1. The summed E-state index contributed by atoms with van der Waals surface area (Å²) in [5.74, 6) is 0.389. The number of halogens is 1. The second kappa shape index (κ2) is 8.35. The van der Waals surface area contributed by atoms with Gasteiger partial charge in [0.25, 0.3) is 5.91 Å². The van der Waals surface area contributed by atoms with E-state index in [0.29, 0.717) is 11.3 Å². The predicted octanol–water partition coefficient (Wildman–Crippen LogP) is 3.97. The first-order chi connectivity index (χ1) is 11.1. The van der Waals surface area contributed by atoms with Crippen LogP contribution in [0.4, 0.5) is 0 Å². The summed E-state index contributed by atoms with van der Waals surface area (Å²) in [4.78, 5) is 12.1. The second-order valence-corrected chi connectivity index (χ2v) is 5.92. The molecule has 0 heterocycles. The zero-order valence-electron chi connectivity index (χ0n) is 12.8. The number of ether oxygens (including phenoxy) is 1. The van der Waals surface area contributed by atoms with Gasteiger partial charge in [0.05, 0.1) is 17.7 Å². The molecule has 4 nitrogen and oxygen atoms in total. The van der Waals surface area contributed by atoms with Crippen LogP contribution < -0.4 is 10.1 Å². The fourth-order valence-corrected chi connectivity index (χ4v) is 2.39. The number of nitrogens with zero attached hydrogens (tertiary/aromatic N) is 1. The molecule has 5 heteroatoms. The second-order valence-electron chi connectivity index (χ2n) is 5.00. The molecule has 1 atom stereocenters. The Morgan fingerprint density at radius 2 is 1.87 bits per heavy atom. The Morgan fingerprint density at radius 1 is 1.22 bits per heavy atom. The van der Waals surface area contributed by atoms with Gasteiger partial charge in [-0.15, -0.1) is 0 Å². The molecule has 1 amide bonds. The van der Waals surface area contributed by atoms with Crippen molar-refractivity contribution in [3.63, 3.8) is 0 Å². The van der Waals surface area contributed by atoms with Crippen molar-refractivity contribution in [1.82, 2.24) is 5.32 Å². The molecule has 2 rings (SSSR count). The molecule has 0 aromatic heterocycles. The molecular weight excluding hydrogens is 356 g/mol. The van der Waals surface area contributed by atoms with Crippen molar-refractivity contribution < 1.29 is 9.53 Å². The summed E-state index contributed by atoms with van der Waals surface area (Å²) in [6.45, 7) is 1.97. The monoisotopic (exact) mass is 372 g/mol.